The third-order valence-electron chi connectivity index (χ3n) is 2.44. The molecule has 1 unspecified atom stereocenters. The number of imide groups is 1. The topological polar surface area (TPSA) is 73.2 Å². The number of piperazine rings is 1. The van der Waals surface area contributed by atoms with Gasteiger partial charge in [-0.15, -0.1) is 0 Å². The lowest BCUT2D eigenvalue weighted by Gasteiger charge is -2.30. The molecule has 0 bridgehead atoms. The molecule has 1 rings (SSSR count). The highest BCUT2D eigenvalue weighted by molar-refractivity contribution is 6.01. The zero-order valence-electron chi connectivity index (χ0n) is 8.82. The summed E-state index contributed by atoms with van der Waals surface area (Å²) in [6, 6.07) is 1.75. The van der Waals surface area contributed by atoms with Crippen LogP contribution in [-0.4, -0.2) is 35.8 Å². The molecule has 1 heterocycles. The minimum Gasteiger partial charge on any atom is -0.297 e. The van der Waals surface area contributed by atoms with Crippen molar-refractivity contribution < 1.29 is 9.59 Å². The molecule has 1 saturated heterocycles. The van der Waals surface area contributed by atoms with Gasteiger partial charge >= 0.3 is 0 Å². The van der Waals surface area contributed by atoms with Crippen LogP contribution in [0.2, 0.25) is 0 Å². The van der Waals surface area contributed by atoms with Crippen molar-refractivity contribution in [3.63, 3.8) is 0 Å². The molecule has 2 amide bonds. The van der Waals surface area contributed by atoms with Crippen LogP contribution in [0.15, 0.2) is 0 Å². The Bertz CT molecular complexity index is 296. The first-order valence-corrected chi connectivity index (χ1v) is 5.15. The zero-order chi connectivity index (χ0) is 11.3. The molecule has 5 nitrogen and oxygen atoms in total. The lowest BCUT2D eigenvalue weighted by Crippen LogP contribution is -2.57. The van der Waals surface area contributed by atoms with Gasteiger partial charge in [0.1, 0.15) is 0 Å². The largest absolute Gasteiger partial charge is 0.297 e. The van der Waals surface area contributed by atoms with Crippen LogP contribution in [0.4, 0.5) is 0 Å². The third-order valence-corrected chi connectivity index (χ3v) is 2.44. The van der Waals surface area contributed by atoms with Crippen molar-refractivity contribution in [3.8, 4) is 6.07 Å². The number of nitrogens with one attached hydrogen (secondary N) is 1. The number of carbonyl (C=O) groups excluding carboxylic acids is 2. The number of nitrogens with zero attached hydrogens (tertiary/aromatic N) is 2. The maximum absolute atomic E-state index is 11.7. The highest BCUT2D eigenvalue weighted by Crippen LogP contribution is 2.07. The summed E-state index contributed by atoms with van der Waals surface area (Å²) in [5, 5.41) is 11.3. The van der Waals surface area contributed by atoms with E-state index in [2.05, 4.69) is 5.32 Å². The van der Waals surface area contributed by atoms with Crippen LogP contribution in [0.5, 0.6) is 0 Å². The maximum Gasteiger partial charge on any atom is 0.246 e. The van der Waals surface area contributed by atoms with E-state index in [1.54, 1.807) is 0 Å². The molecule has 82 valence electrons. The standard InChI is InChI=1S/C10H15N3O2/c1-2-8-10(15)13(6-4-3-5-11)9(14)7-12-8/h8,12H,2-4,6-7H2,1H3. The van der Waals surface area contributed by atoms with Gasteiger partial charge in [-0.2, -0.15) is 5.26 Å². The average molecular weight is 209 g/mol. The number of hydrogen-bond donors (Lipinski definition) is 1. The highest BCUT2D eigenvalue weighted by atomic mass is 16.2. The Balaban J connectivity index is 2.55. The Hall–Kier alpha value is -1.41. The van der Waals surface area contributed by atoms with Crippen LogP contribution in [0.3, 0.4) is 0 Å². The fourth-order valence-electron chi connectivity index (χ4n) is 1.57. The Kier molecular flexibility index (Phi) is 4.25. The second kappa shape index (κ2) is 5.47. The summed E-state index contributed by atoms with van der Waals surface area (Å²) >= 11 is 0. The minimum absolute atomic E-state index is 0.160. The first-order chi connectivity index (χ1) is 7.20. The molecule has 1 aliphatic rings. The number of hydrogen-bond acceptors (Lipinski definition) is 4. The third kappa shape index (κ3) is 2.77. The van der Waals surface area contributed by atoms with Gasteiger partial charge in [0.05, 0.1) is 18.7 Å². The fourth-order valence-corrected chi connectivity index (χ4v) is 1.57. The smallest absolute Gasteiger partial charge is 0.246 e. The maximum atomic E-state index is 11.7. The first-order valence-electron chi connectivity index (χ1n) is 5.15. The zero-order valence-corrected chi connectivity index (χ0v) is 8.82. The lowest BCUT2D eigenvalue weighted by molar-refractivity contribution is -0.149. The number of carbonyl (C=O) groups is 2. The van der Waals surface area contributed by atoms with E-state index in [1.165, 1.54) is 4.90 Å². The van der Waals surface area contributed by atoms with Gasteiger partial charge < -0.3 is 0 Å². The second-order valence-corrected chi connectivity index (χ2v) is 3.49. The molecule has 0 aromatic rings. The predicted molar refractivity (Wildman–Crippen MR) is 53.6 cm³/mol. The molecule has 15 heavy (non-hydrogen) atoms. The Labute approximate surface area is 89.0 Å². The van der Waals surface area contributed by atoms with Gasteiger partial charge in [0, 0.05) is 13.0 Å². The molecule has 0 aliphatic carbocycles. The van der Waals surface area contributed by atoms with Crippen LogP contribution >= 0.6 is 0 Å². The van der Waals surface area contributed by atoms with Crippen molar-refractivity contribution >= 4 is 11.8 Å². The van der Waals surface area contributed by atoms with E-state index >= 15 is 0 Å². The molecule has 0 spiro atoms. The van der Waals surface area contributed by atoms with Crippen LogP contribution in [-0.2, 0) is 9.59 Å². The summed E-state index contributed by atoms with van der Waals surface area (Å²) in [4.78, 5) is 24.4. The Morgan fingerprint density at radius 3 is 2.93 bits per heavy atom. The van der Waals surface area contributed by atoms with Gasteiger partial charge in [-0.25, -0.2) is 0 Å². The number of rotatable bonds is 4. The Morgan fingerprint density at radius 2 is 2.33 bits per heavy atom. The van der Waals surface area contributed by atoms with Crippen molar-refractivity contribution in [2.75, 3.05) is 13.1 Å². The second-order valence-electron chi connectivity index (χ2n) is 3.49. The van der Waals surface area contributed by atoms with E-state index in [0.717, 1.165) is 0 Å². The van der Waals surface area contributed by atoms with Crippen LogP contribution < -0.4 is 5.32 Å². The molecule has 1 aliphatic heterocycles. The Morgan fingerprint density at radius 1 is 1.60 bits per heavy atom. The molecular formula is C10H15N3O2. The summed E-state index contributed by atoms with van der Waals surface area (Å²) in [6.07, 6.45) is 1.62. The van der Waals surface area contributed by atoms with E-state index in [4.69, 9.17) is 5.26 Å². The summed E-state index contributed by atoms with van der Waals surface area (Å²) in [7, 11) is 0. The first kappa shape index (κ1) is 11.7. The quantitative estimate of drug-likeness (QED) is 0.523. The van der Waals surface area contributed by atoms with Crippen molar-refractivity contribution in [2.24, 2.45) is 0 Å². The van der Waals surface area contributed by atoms with Crippen LogP contribution in [0, 0.1) is 11.3 Å². The summed E-state index contributed by atoms with van der Waals surface area (Å²) < 4.78 is 0. The predicted octanol–water partition coefficient (Wildman–Crippen LogP) is 0.0272. The molecule has 1 N–H and O–H groups in total. The van der Waals surface area contributed by atoms with Crippen molar-refractivity contribution in [3.05, 3.63) is 0 Å². The normalized spacial score (nSPS) is 21.6. The van der Waals surface area contributed by atoms with Gasteiger partial charge in [0.15, 0.2) is 0 Å². The van der Waals surface area contributed by atoms with E-state index in [-0.39, 0.29) is 24.4 Å². The summed E-state index contributed by atoms with van der Waals surface area (Å²) in [5.41, 5.74) is 0. The van der Waals surface area contributed by atoms with E-state index in [0.29, 0.717) is 25.8 Å². The summed E-state index contributed by atoms with van der Waals surface area (Å²) in [6.45, 7) is 2.49. The van der Waals surface area contributed by atoms with Gasteiger partial charge in [-0.05, 0) is 12.8 Å². The van der Waals surface area contributed by atoms with Crippen LogP contribution in [0.25, 0.3) is 0 Å². The van der Waals surface area contributed by atoms with Gasteiger partial charge in [0.25, 0.3) is 0 Å². The molecule has 0 aromatic heterocycles. The highest BCUT2D eigenvalue weighted by Gasteiger charge is 2.31. The average Bonchev–Trinajstić information content (AvgIpc) is 2.23. The molecule has 0 aromatic carbocycles. The van der Waals surface area contributed by atoms with Crippen molar-refractivity contribution in [1.29, 1.82) is 5.26 Å². The van der Waals surface area contributed by atoms with Crippen molar-refractivity contribution in [2.45, 2.75) is 32.2 Å². The lowest BCUT2D eigenvalue weighted by atomic mass is 10.1. The van der Waals surface area contributed by atoms with Gasteiger partial charge in [0.2, 0.25) is 11.8 Å². The van der Waals surface area contributed by atoms with Gasteiger partial charge in [-0.1, -0.05) is 6.92 Å². The minimum atomic E-state index is -0.246. The van der Waals surface area contributed by atoms with E-state index in [1.807, 2.05) is 13.0 Å². The molecular weight excluding hydrogens is 194 g/mol. The molecule has 1 fully saturated rings. The monoisotopic (exact) mass is 209 g/mol. The van der Waals surface area contributed by atoms with Crippen molar-refractivity contribution in [1.82, 2.24) is 10.2 Å². The van der Waals surface area contributed by atoms with Crippen LogP contribution in [0.1, 0.15) is 26.2 Å². The number of amides is 2. The van der Waals surface area contributed by atoms with E-state index in [9.17, 15) is 9.59 Å². The molecule has 0 saturated carbocycles. The number of unbranched alkanes of at least 4 members (excludes halogenated alkanes) is 1. The molecule has 0 radical (unpaired) electrons. The molecule has 1 atom stereocenters. The van der Waals surface area contributed by atoms with Gasteiger partial charge in [-0.3, -0.25) is 19.8 Å². The SMILES string of the molecule is CCC1NCC(=O)N(CCCC#N)C1=O. The fraction of sp³-hybridized carbons (Fsp3) is 0.700. The summed E-state index contributed by atoms with van der Waals surface area (Å²) in [5.74, 6) is -0.352. The van der Waals surface area contributed by atoms with E-state index < -0.39 is 0 Å². The number of nitriles is 1. The molecule has 5 heteroatoms.